The molecule has 1 heterocycles. The fourth-order valence-corrected chi connectivity index (χ4v) is 0.369. The molecule has 1 aromatic heterocycles. The zero-order chi connectivity index (χ0) is 6.69. The summed E-state index contributed by atoms with van der Waals surface area (Å²) in [6.07, 6.45) is 3.25. The average Bonchev–Trinajstić information content (AvgIpc) is 2.15. The molecule has 0 bridgehead atoms. The highest BCUT2D eigenvalue weighted by molar-refractivity contribution is 4.98. The number of hydrogen-bond acceptors (Lipinski definition) is 1. The molecule has 0 aromatic carbocycles. The van der Waals surface area contributed by atoms with Crippen LogP contribution < -0.4 is 17.7 Å². The summed E-state index contributed by atoms with van der Waals surface area (Å²) >= 11 is 0. The Morgan fingerprint density at radius 1 is 2.00 bits per heavy atom. The highest BCUT2D eigenvalue weighted by atomic mass is 35.5. The van der Waals surface area contributed by atoms with Crippen LogP contribution in [0.2, 0.25) is 0 Å². The number of nitrogens with two attached hydrogens (primary N) is 1. The molecule has 1 rings (SSSR count). The number of aromatic nitrogens is 2. The van der Waals surface area contributed by atoms with E-state index in [9.17, 15) is 0 Å². The molecule has 0 atom stereocenters. The van der Waals surface area contributed by atoms with Gasteiger partial charge in [0.05, 0.1) is 15.9 Å². The Kier molecular flexibility index (Phi) is 1.88. The second-order valence-electron chi connectivity index (χ2n) is 1.14. The predicted octanol–water partition coefficient (Wildman–Crippen LogP) is -3.76. The van der Waals surface area contributed by atoms with Crippen LogP contribution in [-0.4, -0.2) is 17.0 Å². The van der Waals surface area contributed by atoms with Gasteiger partial charge in [0.1, 0.15) is 0 Å². The number of hydrogen-bond donors (Lipinski definition) is 2. The van der Waals surface area contributed by atoms with Crippen molar-refractivity contribution < 1.29 is 20.5 Å². The van der Waals surface area contributed by atoms with Crippen molar-refractivity contribution in [3.8, 4) is 0 Å². The van der Waals surface area contributed by atoms with Crippen molar-refractivity contribution in [2.24, 2.45) is 0 Å². The van der Waals surface area contributed by atoms with Crippen LogP contribution in [0.3, 0.4) is 0 Å². The maximum atomic E-state index is 6.80. The number of aromatic amines is 1. The average molecular weight is 141 g/mol. The molecule has 0 amide bonds. The Morgan fingerprint density at radius 3 is 3.38 bits per heavy atom. The van der Waals surface area contributed by atoms with Gasteiger partial charge in [0.2, 0.25) is 0 Å². The minimum atomic E-state index is -0.934. The van der Waals surface area contributed by atoms with Crippen LogP contribution in [0.25, 0.3) is 0 Å². The highest BCUT2D eigenvalue weighted by Gasteiger charge is 1.86. The van der Waals surface area contributed by atoms with Gasteiger partial charge in [-0.25, -0.2) is 0 Å². The first-order chi connectivity index (χ1) is 4.29. The van der Waals surface area contributed by atoms with Crippen molar-refractivity contribution >= 4 is 5.95 Å². The van der Waals surface area contributed by atoms with Crippen LogP contribution in [0.1, 0.15) is 2.74 Å². The fraction of sp³-hybridized carbons (Fsp3) is 0.250. The van der Waals surface area contributed by atoms with E-state index in [2.05, 4.69) is 9.97 Å². The second kappa shape index (κ2) is 3.46. The summed E-state index contributed by atoms with van der Waals surface area (Å²) in [5.74, 6) is 0.588. The first-order valence-corrected chi connectivity index (χ1v) is 1.98. The number of nitrogens with zero attached hydrogens (tertiary/aromatic N) is 1. The largest absolute Gasteiger partial charge is 1.00 e. The Bertz CT molecular complexity index is 165. The van der Waals surface area contributed by atoms with Crippen LogP contribution in [0.4, 0.5) is 5.95 Å². The zero-order valence-electron chi connectivity index (χ0n) is 6.13. The fourth-order valence-electron chi connectivity index (χ4n) is 0.369. The Labute approximate surface area is 56.7 Å². The van der Waals surface area contributed by atoms with Crippen molar-refractivity contribution in [3.05, 3.63) is 12.4 Å². The second-order valence-corrected chi connectivity index (χ2v) is 1.14. The summed E-state index contributed by atoms with van der Waals surface area (Å²) in [6.45, 7) is -0.934. The van der Waals surface area contributed by atoms with Crippen LogP contribution in [0.5, 0.6) is 0 Å². The molecule has 0 aliphatic carbocycles. The van der Waals surface area contributed by atoms with Gasteiger partial charge in [0.25, 0.3) is 0 Å². The first kappa shape index (κ1) is 4.35. The number of nitrogens with one attached hydrogen (secondary N) is 1. The predicted molar refractivity (Wildman–Crippen MR) is 26.1 cm³/mol. The standard InChI is InChI=1S/C4H7N3.ClH/c1-5-4-6-2-3-7-4;/h2-3H,1H3,(H2,5,6,7);1H/i1+1D2,4+1,5+1,6+1,7+1;. The Morgan fingerprint density at radius 2 is 2.88 bits per heavy atom. The summed E-state index contributed by atoms with van der Waals surface area (Å²) in [6, 6.07) is 0. The van der Waals surface area contributed by atoms with E-state index in [1.165, 1.54) is 5.32 Å². The third kappa shape index (κ3) is 1.52. The summed E-state index contributed by atoms with van der Waals surface area (Å²) in [5, 5.41) is 1.42. The lowest BCUT2D eigenvalue weighted by atomic mass is 11.0. The van der Waals surface area contributed by atoms with Crippen LogP contribution in [0.15, 0.2) is 12.4 Å². The molecule has 0 aliphatic rings. The monoisotopic (exact) mass is 140 g/mol. The molecule has 0 saturated carbocycles. The molecule has 0 saturated heterocycles. The summed E-state index contributed by atoms with van der Waals surface area (Å²) < 4.78 is 13.6. The molecule has 8 heavy (non-hydrogen) atoms. The molecular formula is C4H8ClN3. The SMILES string of the molecule is [2H][13CH]([2H])[15NH2+][13c]1[15n]cc[15nH]1.[Cl-]. The van der Waals surface area contributed by atoms with E-state index in [0.29, 0.717) is 5.95 Å². The number of quaternary nitrogens is 1. The Hall–Kier alpha value is -0.540. The molecule has 3 nitrogen and oxygen atoms in total. The normalized spacial score (nSPS) is 12.1. The highest BCUT2D eigenvalue weighted by Crippen LogP contribution is 1.80. The molecule has 0 spiro atoms. The van der Waals surface area contributed by atoms with E-state index >= 15 is 0 Å². The maximum Gasteiger partial charge on any atom is 0.302 e. The van der Waals surface area contributed by atoms with E-state index in [1.54, 1.807) is 12.4 Å². The molecule has 46 valence electrons. The van der Waals surface area contributed by atoms with Gasteiger partial charge in [-0.3, -0.25) is 10.3 Å². The number of rotatable bonds is 1. The molecule has 0 fully saturated rings. The van der Waals surface area contributed by atoms with E-state index in [0.717, 1.165) is 0 Å². The molecular weight excluding hydrogens is 130 g/mol. The number of imidazole rings is 1. The van der Waals surface area contributed by atoms with Gasteiger partial charge in [-0.2, -0.15) is 4.98 Å². The van der Waals surface area contributed by atoms with Crippen molar-refractivity contribution in [1.29, 1.82) is 0 Å². The van der Waals surface area contributed by atoms with E-state index in [-0.39, 0.29) is 12.4 Å². The van der Waals surface area contributed by atoms with E-state index in [4.69, 9.17) is 2.74 Å². The van der Waals surface area contributed by atoms with Crippen LogP contribution in [0, 0.1) is 0 Å². The zero-order valence-corrected chi connectivity index (χ0v) is 4.89. The van der Waals surface area contributed by atoms with Crippen molar-refractivity contribution in [2.75, 3.05) is 7.00 Å². The minimum absolute atomic E-state index is 0. The molecule has 0 radical (unpaired) electrons. The lowest BCUT2D eigenvalue weighted by Gasteiger charge is -1.78. The Balaban J connectivity index is 0.000000810. The van der Waals surface area contributed by atoms with Gasteiger partial charge in [0, 0.05) is 6.20 Å². The van der Waals surface area contributed by atoms with Crippen molar-refractivity contribution in [1.82, 2.24) is 9.97 Å². The topological polar surface area (TPSA) is 45.3 Å². The summed E-state index contributed by atoms with van der Waals surface area (Å²) in [7, 11) is 0. The minimum Gasteiger partial charge on any atom is -1.00 e. The van der Waals surface area contributed by atoms with Crippen LogP contribution >= 0.6 is 0 Å². The number of halogens is 1. The van der Waals surface area contributed by atoms with Gasteiger partial charge in [-0.1, -0.05) is 0 Å². The molecule has 0 unspecified atom stereocenters. The van der Waals surface area contributed by atoms with Crippen LogP contribution in [-0.2, 0) is 0 Å². The van der Waals surface area contributed by atoms with Gasteiger partial charge in [-0.05, 0) is 0 Å². The quantitative estimate of drug-likeness (QED) is 0.306. The molecule has 0 aliphatic heterocycles. The van der Waals surface area contributed by atoms with Gasteiger partial charge in [-0.15, -0.1) is 0 Å². The molecule has 1 aromatic rings. The summed E-state index contributed by atoms with van der Waals surface area (Å²) in [5.41, 5.74) is 0. The number of H-pyrrole nitrogens is 1. The van der Waals surface area contributed by atoms with Gasteiger partial charge >= 0.3 is 5.95 Å². The third-order valence-electron chi connectivity index (χ3n) is 0.677. The van der Waals surface area contributed by atoms with Crippen molar-refractivity contribution in [3.63, 3.8) is 0 Å². The lowest BCUT2D eigenvalue weighted by molar-refractivity contribution is -0.547. The first-order valence-electron chi connectivity index (χ1n) is 3.13. The molecule has 4 heteroatoms. The van der Waals surface area contributed by atoms with Gasteiger partial charge < -0.3 is 12.4 Å². The van der Waals surface area contributed by atoms with Gasteiger partial charge in [0.15, 0.2) is 0 Å². The van der Waals surface area contributed by atoms with E-state index < -0.39 is 7.00 Å². The molecule has 3 N–H and O–H groups in total. The maximum absolute atomic E-state index is 6.80. The lowest BCUT2D eigenvalue weighted by Crippen LogP contribution is -3.00. The summed E-state index contributed by atoms with van der Waals surface area (Å²) in [4.78, 5) is 6.57. The van der Waals surface area contributed by atoms with E-state index in [1.807, 2.05) is 0 Å². The van der Waals surface area contributed by atoms with Crippen molar-refractivity contribution in [2.45, 2.75) is 0 Å². The smallest absolute Gasteiger partial charge is 0.302 e. The third-order valence-corrected chi connectivity index (χ3v) is 0.677.